The highest BCUT2D eigenvalue weighted by atomic mass is 35.5. The summed E-state index contributed by atoms with van der Waals surface area (Å²) in [4.78, 5) is 0. The van der Waals surface area contributed by atoms with E-state index in [0.717, 1.165) is 12.8 Å². The van der Waals surface area contributed by atoms with Gasteiger partial charge in [0.15, 0.2) is 0 Å². The average molecular weight is 383 g/mol. The van der Waals surface area contributed by atoms with Crippen LogP contribution in [0.4, 0.5) is 30.7 Å². The Kier molecular flexibility index (Phi) is 9.34. The molecule has 1 atom stereocenters. The van der Waals surface area contributed by atoms with Gasteiger partial charge in [-0.05, 0) is 49.9 Å². The van der Waals surface area contributed by atoms with E-state index in [2.05, 4.69) is 34.5 Å². The second kappa shape index (κ2) is 8.56. The highest BCUT2D eigenvalue weighted by Gasteiger charge is 2.61. The summed E-state index contributed by atoms with van der Waals surface area (Å²) in [6, 6.07) is 0. The molecule has 0 amide bonds. The first-order valence-corrected chi connectivity index (χ1v) is 6.36. The van der Waals surface area contributed by atoms with Gasteiger partial charge in [0.25, 0.3) is 0 Å². The largest absolute Gasteiger partial charge is 0.420 e. The van der Waals surface area contributed by atoms with Crippen LogP contribution in [-0.4, -0.2) is 33.9 Å². The molecule has 11 heteroatoms. The molecule has 0 spiro atoms. The van der Waals surface area contributed by atoms with Gasteiger partial charge in [-0.1, -0.05) is 6.08 Å². The molecule has 22 heavy (non-hydrogen) atoms. The van der Waals surface area contributed by atoms with Crippen molar-refractivity contribution in [2.75, 3.05) is 0 Å². The van der Waals surface area contributed by atoms with Crippen LogP contribution in [0, 0.1) is 0 Å². The molecule has 0 fully saturated rings. The maximum absolute atomic E-state index is 12.3. The van der Waals surface area contributed by atoms with Crippen molar-refractivity contribution in [2.24, 2.45) is 0 Å². The summed E-state index contributed by atoms with van der Waals surface area (Å²) in [6.07, 6.45) is -6.47. The van der Waals surface area contributed by atoms with Crippen LogP contribution in [0.2, 0.25) is 0 Å². The van der Waals surface area contributed by atoms with Gasteiger partial charge in [0.05, 0.1) is 5.60 Å². The maximum atomic E-state index is 12.3. The van der Waals surface area contributed by atoms with E-state index < -0.39 is 28.8 Å². The van der Waals surface area contributed by atoms with Crippen molar-refractivity contribution in [3.63, 3.8) is 0 Å². The first-order chi connectivity index (χ1) is 9.46. The molecular weight excluding hydrogens is 368 g/mol. The minimum absolute atomic E-state index is 0.520. The molecule has 2 nitrogen and oxygen atoms in total. The van der Waals surface area contributed by atoms with Gasteiger partial charge in [-0.25, -0.2) is 8.78 Å². The van der Waals surface area contributed by atoms with Gasteiger partial charge in [0.1, 0.15) is 0 Å². The van der Waals surface area contributed by atoms with E-state index in [0.29, 0.717) is 0 Å². The van der Waals surface area contributed by atoms with E-state index >= 15 is 0 Å². The van der Waals surface area contributed by atoms with E-state index in [9.17, 15) is 30.7 Å². The topological polar surface area (TPSA) is 29.5 Å². The fraction of sp³-hybridized carbons (Fsp3) is 0.818. The Bertz CT molecular complexity index is 338. The third-order valence-electron chi connectivity index (χ3n) is 1.81. The van der Waals surface area contributed by atoms with Crippen molar-refractivity contribution in [1.82, 2.24) is 0 Å². The molecule has 0 aliphatic rings. The molecule has 1 N–H and O–H groups in total. The second-order valence-electron chi connectivity index (χ2n) is 4.62. The summed E-state index contributed by atoms with van der Waals surface area (Å²) in [5.41, 5.74) is -0.520. The third-order valence-corrected chi connectivity index (χ3v) is 2.46. The summed E-state index contributed by atoms with van der Waals surface area (Å²) >= 11 is 7.95. The molecule has 0 rings (SSSR count). The van der Waals surface area contributed by atoms with Gasteiger partial charge in [-0.3, -0.25) is 4.74 Å². The van der Waals surface area contributed by atoms with Crippen molar-refractivity contribution in [1.29, 1.82) is 0 Å². The lowest BCUT2D eigenvalue weighted by molar-refractivity contribution is -0.371. The fourth-order valence-corrected chi connectivity index (χ4v) is 0.870. The molecule has 0 saturated heterocycles. The minimum Gasteiger partial charge on any atom is -0.390 e. The molecule has 0 aromatic rings. The number of alkyl halides is 9. The van der Waals surface area contributed by atoms with Crippen molar-refractivity contribution >= 4 is 23.2 Å². The van der Waals surface area contributed by atoms with Crippen LogP contribution in [-0.2, 0) is 4.74 Å². The molecule has 1 unspecified atom stereocenters. The van der Waals surface area contributed by atoms with Crippen LogP contribution < -0.4 is 0 Å². The molecule has 134 valence electrons. The smallest absolute Gasteiger partial charge is 0.390 e. The van der Waals surface area contributed by atoms with Gasteiger partial charge in [0.2, 0.25) is 0 Å². The summed E-state index contributed by atoms with van der Waals surface area (Å²) < 4.78 is 84.8. The normalized spacial score (nSPS) is 15.9. The number of aliphatic hydroxyl groups is 1. The predicted molar refractivity (Wildman–Crippen MR) is 68.3 cm³/mol. The number of hydrogen-bond acceptors (Lipinski definition) is 2. The van der Waals surface area contributed by atoms with Crippen LogP contribution >= 0.6 is 23.2 Å². The Hall–Kier alpha value is -0.250. The molecule has 0 aliphatic heterocycles. The highest BCUT2D eigenvalue weighted by molar-refractivity contribution is 6.31. The zero-order valence-corrected chi connectivity index (χ0v) is 13.0. The Morgan fingerprint density at radius 3 is 1.73 bits per heavy atom. The highest BCUT2D eigenvalue weighted by Crippen LogP contribution is 2.45. The van der Waals surface area contributed by atoms with Crippen LogP contribution in [0.5, 0.6) is 0 Å². The van der Waals surface area contributed by atoms with E-state index in [1.54, 1.807) is 13.8 Å². The average Bonchev–Trinajstić information content (AvgIpc) is 2.23. The molecule has 0 aromatic heterocycles. The van der Waals surface area contributed by atoms with Crippen molar-refractivity contribution < 1.29 is 40.6 Å². The van der Waals surface area contributed by atoms with Crippen LogP contribution in [0.25, 0.3) is 0 Å². The second-order valence-corrected chi connectivity index (χ2v) is 5.58. The Labute approximate surface area is 132 Å². The molecule has 0 radical (unpaired) electrons. The summed E-state index contributed by atoms with van der Waals surface area (Å²) in [5.74, 6) is 0. The fourth-order valence-electron chi connectivity index (χ4n) is 0.729. The maximum Gasteiger partial charge on any atom is 0.420 e. The number of hydrogen-bond donors (Lipinski definition) is 1. The summed E-state index contributed by atoms with van der Waals surface area (Å²) in [5, 5.41) is -0.898. The molecule has 0 aliphatic carbocycles. The number of halogens is 9. The van der Waals surface area contributed by atoms with E-state index in [1.165, 1.54) is 0 Å². The lowest BCUT2D eigenvalue weighted by Crippen LogP contribution is -2.45. The summed E-state index contributed by atoms with van der Waals surface area (Å²) in [6.45, 7) is 7.16. The van der Waals surface area contributed by atoms with Crippen LogP contribution in [0.1, 0.15) is 26.7 Å². The zero-order chi connectivity index (χ0) is 18.4. The van der Waals surface area contributed by atoms with Gasteiger partial charge in [-0.15, -0.1) is 6.58 Å². The SMILES string of the molecule is C=CCCC(C)(C)O.FC(F)C(F)(F)OC(F)(Cl)C(F)(F)Cl. The molecule has 0 bridgehead atoms. The number of ether oxygens (including phenoxy) is 1. The van der Waals surface area contributed by atoms with Crippen LogP contribution in [0.15, 0.2) is 12.7 Å². The quantitative estimate of drug-likeness (QED) is 0.368. The van der Waals surface area contributed by atoms with E-state index in [1.807, 2.05) is 6.08 Å². The number of rotatable bonds is 7. The molecule has 0 saturated carbocycles. The van der Waals surface area contributed by atoms with Gasteiger partial charge in [-0.2, -0.15) is 22.0 Å². The minimum atomic E-state index is -5.46. The van der Waals surface area contributed by atoms with E-state index in [4.69, 9.17) is 5.11 Å². The lowest BCUT2D eigenvalue weighted by Gasteiger charge is -2.26. The third kappa shape index (κ3) is 10.5. The van der Waals surface area contributed by atoms with Crippen molar-refractivity contribution in [2.45, 2.75) is 55.5 Å². The Morgan fingerprint density at radius 1 is 1.14 bits per heavy atom. The zero-order valence-electron chi connectivity index (χ0n) is 11.5. The molecular formula is C11H15Cl2F7O2. The first-order valence-electron chi connectivity index (χ1n) is 5.60. The van der Waals surface area contributed by atoms with Gasteiger partial charge < -0.3 is 5.11 Å². The monoisotopic (exact) mass is 382 g/mol. The summed E-state index contributed by atoms with van der Waals surface area (Å²) in [7, 11) is 0. The predicted octanol–water partition coefficient (Wildman–Crippen LogP) is 5.28. The van der Waals surface area contributed by atoms with Gasteiger partial charge >= 0.3 is 23.2 Å². The standard InChI is InChI=1S/C7H14O.C4HCl2F7O/c1-4-5-6-7(2,3)8;5-3(11,12)4(6,13)14-2(9,10)1(7)8/h4,8H,1,5-6H2,2-3H3;1H. The Morgan fingerprint density at radius 2 is 1.55 bits per heavy atom. The van der Waals surface area contributed by atoms with Crippen molar-refractivity contribution in [3.8, 4) is 0 Å². The molecule has 0 aromatic carbocycles. The van der Waals surface area contributed by atoms with E-state index in [-0.39, 0.29) is 0 Å². The molecule has 0 heterocycles. The van der Waals surface area contributed by atoms with Gasteiger partial charge in [0, 0.05) is 0 Å². The van der Waals surface area contributed by atoms with Crippen LogP contribution in [0.3, 0.4) is 0 Å². The Balaban J connectivity index is 0. The number of allylic oxidation sites excluding steroid dienone is 1. The van der Waals surface area contributed by atoms with Crippen molar-refractivity contribution in [3.05, 3.63) is 12.7 Å². The lowest BCUT2D eigenvalue weighted by atomic mass is 10.0. The first kappa shape index (κ1) is 24.0.